The summed E-state index contributed by atoms with van der Waals surface area (Å²) in [5.41, 5.74) is 6.96. The summed E-state index contributed by atoms with van der Waals surface area (Å²) in [5.74, 6) is 0.682. The van der Waals surface area contributed by atoms with Crippen molar-refractivity contribution in [3.05, 3.63) is 95.6 Å². The van der Waals surface area contributed by atoms with E-state index in [-0.39, 0.29) is 36.6 Å². The average molecular weight is 768 g/mol. The highest BCUT2D eigenvalue weighted by atomic mass is 16.6. The van der Waals surface area contributed by atoms with Crippen molar-refractivity contribution in [2.45, 2.75) is 38.0 Å². The first-order valence-corrected chi connectivity index (χ1v) is 18.7. The van der Waals surface area contributed by atoms with E-state index in [2.05, 4.69) is 44.9 Å². The summed E-state index contributed by atoms with van der Waals surface area (Å²) in [6, 6.07) is 24.9. The van der Waals surface area contributed by atoms with Crippen LogP contribution in [0.15, 0.2) is 78.9 Å². The number of likely N-dealkylation sites (tertiary alicyclic amines) is 1. The van der Waals surface area contributed by atoms with Crippen LogP contribution in [-0.4, -0.2) is 99.8 Å². The molecule has 4 aromatic carbocycles. The summed E-state index contributed by atoms with van der Waals surface area (Å²) < 4.78 is 21.3. The number of benzene rings is 4. The number of carbonyl (C=O) groups excluding carboxylic acids is 3. The van der Waals surface area contributed by atoms with Gasteiger partial charge in [-0.3, -0.25) is 19.8 Å². The second-order valence-electron chi connectivity index (χ2n) is 13.8. The van der Waals surface area contributed by atoms with Crippen molar-refractivity contribution >= 4 is 35.5 Å². The molecule has 1 unspecified atom stereocenters. The van der Waals surface area contributed by atoms with Gasteiger partial charge in [-0.25, -0.2) is 4.79 Å². The normalized spacial score (nSPS) is 15.6. The predicted octanol–water partition coefficient (Wildman–Crippen LogP) is 5.09. The van der Waals surface area contributed by atoms with Crippen LogP contribution in [0.2, 0.25) is 0 Å². The fourth-order valence-corrected chi connectivity index (χ4v) is 7.08. The van der Waals surface area contributed by atoms with E-state index in [0.717, 1.165) is 67.0 Å². The molecule has 0 radical (unpaired) electrons. The minimum atomic E-state index is -0.870. The van der Waals surface area contributed by atoms with Gasteiger partial charge < -0.3 is 44.7 Å². The standard InChI is InChI=1S/C21H25N3O5.C21H24N2O4/c1-24-6-5-12-7-13(18(28-2)8-15(12)24)9-22-10-17(26)14-3-4-16(25)20-21(14)29-11-19(27)23-20;24-16-26-15-14-23-12-10-18(11-13-23)27-21(25)22-20-9-5-4-8-19(20)17-6-2-1-3-7-17/h3-4,7-8,17,22,25-26H,5-6,9-11H2,1-2H3,(H,23,27);1-9,16,18H,10-15H2,(H,22,25). The molecule has 1 fully saturated rings. The van der Waals surface area contributed by atoms with Crippen molar-refractivity contribution in [2.75, 3.05) is 75.6 Å². The van der Waals surface area contributed by atoms with Gasteiger partial charge in [0.15, 0.2) is 12.4 Å². The van der Waals surface area contributed by atoms with E-state index in [1.807, 2.05) is 54.6 Å². The molecule has 1 atom stereocenters. The van der Waals surface area contributed by atoms with Gasteiger partial charge in [-0.1, -0.05) is 48.5 Å². The number of aliphatic hydroxyl groups excluding tert-OH is 1. The Bertz CT molecular complexity index is 1970. The van der Waals surface area contributed by atoms with E-state index in [9.17, 15) is 24.6 Å². The van der Waals surface area contributed by atoms with E-state index in [4.69, 9.17) is 18.9 Å². The van der Waals surface area contributed by atoms with Crippen LogP contribution in [0.4, 0.5) is 21.9 Å². The Morgan fingerprint density at radius 1 is 1.05 bits per heavy atom. The van der Waals surface area contributed by atoms with Crippen LogP contribution in [0.3, 0.4) is 0 Å². The molecule has 4 aromatic rings. The second-order valence-corrected chi connectivity index (χ2v) is 13.8. The van der Waals surface area contributed by atoms with Crippen LogP contribution in [0, 0.1) is 0 Å². The van der Waals surface area contributed by atoms with E-state index in [0.29, 0.717) is 37.5 Å². The molecular weight excluding hydrogens is 718 g/mol. The molecule has 296 valence electrons. The van der Waals surface area contributed by atoms with Crippen LogP contribution in [0.1, 0.15) is 35.6 Å². The van der Waals surface area contributed by atoms with Crippen molar-refractivity contribution in [3.8, 4) is 28.4 Å². The maximum atomic E-state index is 12.4. The number of anilines is 3. The third-order valence-corrected chi connectivity index (χ3v) is 10.1. The molecule has 2 amide bonds. The number of nitrogens with zero attached hydrogens (tertiary/aromatic N) is 2. The molecule has 5 N–H and O–H groups in total. The van der Waals surface area contributed by atoms with Gasteiger partial charge >= 0.3 is 6.09 Å². The molecule has 0 spiro atoms. The topological polar surface area (TPSA) is 171 Å². The van der Waals surface area contributed by atoms with Crippen LogP contribution in [-0.2, 0) is 32.0 Å². The largest absolute Gasteiger partial charge is 0.506 e. The number of amides is 2. The number of fused-ring (bicyclic) bond motifs is 2. The SMILES string of the molecule is COc1cc2c(cc1CNCC(O)c1ccc(O)c3c1OCC(=O)N3)CCN2C.O=COCCN1CCC(OC(=O)Nc2ccccc2-c2ccccc2)CC1. The zero-order valence-corrected chi connectivity index (χ0v) is 31.7. The molecule has 3 aliphatic rings. The number of para-hydroxylation sites is 1. The summed E-state index contributed by atoms with van der Waals surface area (Å²) in [4.78, 5) is 38.5. The smallest absolute Gasteiger partial charge is 0.411 e. The average Bonchev–Trinajstić information content (AvgIpc) is 3.58. The highest BCUT2D eigenvalue weighted by Crippen LogP contribution is 2.41. The third-order valence-electron chi connectivity index (χ3n) is 10.1. The number of phenolic OH excluding ortho intramolecular Hbond substituents is 1. The molecular formula is C42H49N5O9. The second kappa shape index (κ2) is 19.2. The molecule has 14 heteroatoms. The van der Waals surface area contributed by atoms with Gasteiger partial charge in [-0.2, -0.15) is 0 Å². The van der Waals surface area contributed by atoms with Gasteiger partial charge in [0, 0.05) is 74.8 Å². The zero-order chi connectivity index (χ0) is 39.4. The van der Waals surface area contributed by atoms with E-state index >= 15 is 0 Å². The first-order valence-electron chi connectivity index (χ1n) is 18.7. The van der Waals surface area contributed by atoms with Crippen molar-refractivity contribution in [1.29, 1.82) is 0 Å². The number of likely N-dealkylation sites (N-methyl/N-ethyl adjacent to an activating group) is 1. The summed E-state index contributed by atoms with van der Waals surface area (Å²) in [7, 11) is 3.73. The molecule has 3 aliphatic heterocycles. The minimum absolute atomic E-state index is 0.0928. The summed E-state index contributed by atoms with van der Waals surface area (Å²) in [5, 5.41) is 29.3. The number of hydrogen-bond acceptors (Lipinski definition) is 12. The van der Waals surface area contributed by atoms with Crippen LogP contribution >= 0.6 is 0 Å². The molecule has 1 saturated heterocycles. The number of ether oxygens (including phenoxy) is 4. The number of hydrogen-bond donors (Lipinski definition) is 5. The fourth-order valence-electron chi connectivity index (χ4n) is 7.08. The molecule has 7 rings (SSSR count). The number of carbonyl (C=O) groups is 3. The molecule has 56 heavy (non-hydrogen) atoms. The van der Waals surface area contributed by atoms with Crippen molar-refractivity contribution < 1.29 is 43.5 Å². The summed E-state index contributed by atoms with van der Waals surface area (Å²) >= 11 is 0. The summed E-state index contributed by atoms with van der Waals surface area (Å²) in [6.45, 7) is 4.87. The van der Waals surface area contributed by atoms with Crippen LogP contribution in [0.5, 0.6) is 17.2 Å². The van der Waals surface area contributed by atoms with Crippen molar-refractivity contribution in [3.63, 3.8) is 0 Å². The van der Waals surface area contributed by atoms with E-state index in [1.54, 1.807) is 13.2 Å². The molecule has 14 nitrogen and oxygen atoms in total. The quantitative estimate of drug-likeness (QED) is 0.0695. The van der Waals surface area contributed by atoms with Gasteiger partial charge in [0.25, 0.3) is 12.4 Å². The minimum Gasteiger partial charge on any atom is -0.506 e. The molecule has 0 bridgehead atoms. The first-order chi connectivity index (χ1) is 27.2. The molecule has 3 heterocycles. The fraction of sp³-hybridized carbons (Fsp3) is 0.357. The van der Waals surface area contributed by atoms with Gasteiger partial charge in [0.1, 0.15) is 29.9 Å². The van der Waals surface area contributed by atoms with Gasteiger partial charge in [-0.05, 0) is 54.7 Å². The third kappa shape index (κ3) is 10.1. The molecule has 0 aliphatic carbocycles. The number of aromatic hydroxyl groups is 1. The number of piperidine rings is 1. The maximum Gasteiger partial charge on any atom is 0.411 e. The van der Waals surface area contributed by atoms with Crippen LogP contribution in [0.25, 0.3) is 11.1 Å². The lowest BCUT2D eigenvalue weighted by Crippen LogP contribution is -2.39. The van der Waals surface area contributed by atoms with Crippen LogP contribution < -0.4 is 30.3 Å². The number of nitrogens with one attached hydrogen (secondary N) is 3. The predicted molar refractivity (Wildman–Crippen MR) is 212 cm³/mol. The Morgan fingerprint density at radius 2 is 1.82 bits per heavy atom. The zero-order valence-electron chi connectivity index (χ0n) is 31.7. The highest BCUT2D eigenvalue weighted by molar-refractivity contribution is 5.97. The van der Waals surface area contributed by atoms with Gasteiger partial charge in [-0.15, -0.1) is 0 Å². The lowest BCUT2D eigenvalue weighted by atomic mass is 10.0. The number of phenols is 1. The Kier molecular flexibility index (Phi) is 13.6. The number of rotatable bonds is 13. The molecule has 0 saturated carbocycles. The lowest BCUT2D eigenvalue weighted by molar-refractivity contribution is -0.129. The first kappa shape index (κ1) is 39.9. The monoisotopic (exact) mass is 767 g/mol. The van der Waals surface area contributed by atoms with Gasteiger partial charge in [0.2, 0.25) is 0 Å². The van der Waals surface area contributed by atoms with E-state index < -0.39 is 12.2 Å². The summed E-state index contributed by atoms with van der Waals surface area (Å²) in [6.07, 6.45) is 1.15. The lowest BCUT2D eigenvalue weighted by Gasteiger charge is -2.31. The number of aliphatic hydroxyl groups is 1. The van der Waals surface area contributed by atoms with Crippen molar-refractivity contribution in [1.82, 2.24) is 10.2 Å². The maximum absolute atomic E-state index is 12.4. The Balaban J connectivity index is 0.000000190. The number of methoxy groups -OCH3 is 1. The van der Waals surface area contributed by atoms with E-state index in [1.165, 1.54) is 17.3 Å². The van der Waals surface area contributed by atoms with Crippen molar-refractivity contribution in [2.24, 2.45) is 0 Å². The Hall–Kier alpha value is -5.83. The Labute approximate surface area is 326 Å². The Morgan fingerprint density at radius 3 is 2.59 bits per heavy atom. The molecule has 0 aromatic heterocycles. The van der Waals surface area contributed by atoms with Gasteiger partial charge in [0.05, 0.1) is 18.9 Å². The highest BCUT2D eigenvalue weighted by Gasteiger charge is 2.26.